The Morgan fingerprint density at radius 2 is 1.84 bits per heavy atom. The van der Waals surface area contributed by atoms with Crippen LogP contribution in [0.5, 0.6) is 0 Å². The Bertz CT molecular complexity index is 675. The number of hydrogen-bond donors (Lipinski definition) is 1. The number of rotatable bonds is 3. The first-order valence-corrected chi connectivity index (χ1v) is 5.96. The molecule has 3 rings (SSSR count). The van der Waals surface area contributed by atoms with Gasteiger partial charge >= 0.3 is 0 Å². The molecule has 0 saturated carbocycles. The van der Waals surface area contributed by atoms with Crippen molar-refractivity contribution in [1.82, 2.24) is 19.5 Å². The zero-order valence-corrected chi connectivity index (χ0v) is 10.3. The first-order chi connectivity index (χ1) is 9.33. The Morgan fingerprint density at radius 1 is 1.00 bits per heavy atom. The van der Waals surface area contributed by atoms with Crippen LogP contribution in [0.15, 0.2) is 55.1 Å². The SMILES string of the molecule is Nc1cccc(-c2nccn2Cc2ncccn2)c1. The summed E-state index contributed by atoms with van der Waals surface area (Å²) in [6, 6.07) is 9.47. The molecule has 0 fully saturated rings. The van der Waals surface area contributed by atoms with Crippen LogP contribution in [-0.4, -0.2) is 19.5 Å². The van der Waals surface area contributed by atoms with Crippen LogP contribution in [0.1, 0.15) is 5.82 Å². The van der Waals surface area contributed by atoms with E-state index in [-0.39, 0.29) is 0 Å². The van der Waals surface area contributed by atoms with E-state index in [0.29, 0.717) is 6.54 Å². The minimum atomic E-state index is 0.588. The van der Waals surface area contributed by atoms with Crippen LogP contribution in [0.2, 0.25) is 0 Å². The normalized spacial score (nSPS) is 10.5. The molecular weight excluding hydrogens is 238 g/mol. The third kappa shape index (κ3) is 2.44. The summed E-state index contributed by atoms with van der Waals surface area (Å²) in [6.45, 7) is 0.588. The predicted molar refractivity (Wildman–Crippen MR) is 73.2 cm³/mol. The molecule has 0 aliphatic rings. The summed E-state index contributed by atoms with van der Waals surface area (Å²) in [6.07, 6.45) is 7.15. The number of nitrogens with zero attached hydrogens (tertiary/aromatic N) is 4. The minimum absolute atomic E-state index is 0.588. The largest absolute Gasteiger partial charge is 0.399 e. The molecule has 0 unspecified atom stereocenters. The topological polar surface area (TPSA) is 69.6 Å². The number of nitrogen functional groups attached to an aromatic ring is 1. The standard InChI is InChI=1S/C14H13N5/c15-12-4-1-3-11(9-12)14-18-7-8-19(14)10-13-16-5-2-6-17-13/h1-9H,10,15H2. The molecule has 0 aliphatic heterocycles. The smallest absolute Gasteiger partial charge is 0.147 e. The van der Waals surface area contributed by atoms with Crippen molar-refractivity contribution < 1.29 is 0 Å². The molecule has 5 nitrogen and oxygen atoms in total. The molecule has 2 N–H and O–H groups in total. The van der Waals surface area contributed by atoms with Gasteiger partial charge in [0, 0.05) is 36.0 Å². The fourth-order valence-corrected chi connectivity index (χ4v) is 1.94. The van der Waals surface area contributed by atoms with Crippen LogP contribution < -0.4 is 5.73 Å². The molecule has 0 aliphatic carbocycles. The lowest BCUT2D eigenvalue weighted by atomic mass is 10.2. The highest BCUT2D eigenvalue weighted by molar-refractivity contribution is 5.61. The van der Waals surface area contributed by atoms with Crippen LogP contribution in [0.3, 0.4) is 0 Å². The van der Waals surface area contributed by atoms with Crippen LogP contribution in [0.4, 0.5) is 5.69 Å². The first-order valence-electron chi connectivity index (χ1n) is 5.96. The van der Waals surface area contributed by atoms with Gasteiger partial charge < -0.3 is 10.3 Å². The second-order valence-corrected chi connectivity index (χ2v) is 4.17. The number of imidazole rings is 1. The van der Waals surface area contributed by atoms with Gasteiger partial charge in [-0.3, -0.25) is 0 Å². The fraction of sp³-hybridized carbons (Fsp3) is 0.0714. The second kappa shape index (κ2) is 4.89. The highest BCUT2D eigenvalue weighted by Crippen LogP contribution is 2.20. The molecule has 2 heterocycles. The highest BCUT2D eigenvalue weighted by atomic mass is 15.1. The molecule has 0 spiro atoms. The number of hydrogen-bond acceptors (Lipinski definition) is 4. The van der Waals surface area contributed by atoms with Gasteiger partial charge in [-0.2, -0.15) is 0 Å². The Hall–Kier alpha value is -2.69. The van der Waals surface area contributed by atoms with Crippen LogP contribution in [-0.2, 0) is 6.54 Å². The van der Waals surface area contributed by atoms with E-state index in [1.807, 2.05) is 35.0 Å². The molecule has 0 atom stereocenters. The number of benzene rings is 1. The van der Waals surface area contributed by atoms with Crippen molar-refractivity contribution in [3.05, 3.63) is 60.9 Å². The molecule has 0 bridgehead atoms. The van der Waals surface area contributed by atoms with Crippen molar-refractivity contribution in [3.8, 4) is 11.4 Å². The monoisotopic (exact) mass is 251 g/mol. The van der Waals surface area contributed by atoms with Crippen molar-refractivity contribution in [1.29, 1.82) is 0 Å². The molecule has 0 saturated heterocycles. The van der Waals surface area contributed by atoms with Crippen molar-refractivity contribution >= 4 is 5.69 Å². The highest BCUT2D eigenvalue weighted by Gasteiger charge is 2.07. The minimum Gasteiger partial charge on any atom is -0.399 e. The van der Waals surface area contributed by atoms with E-state index < -0.39 is 0 Å². The quantitative estimate of drug-likeness (QED) is 0.722. The molecule has 94 valence electrons. The first kappa shape index (κ1) is 11.4. The van der Waals surface area contributed by atoms with Crippen LogP contribution in [0.25, 0.3) is 11.4 Å². The lowest BCUT2D eigenvalue weighted by Gasteiger charge is -2.07. The Labute approximate surface area is 110 Å². The van der Waals surface area contributed by atoms with Gasteiger partial charge in [-0.25, -0.2) is 15.0 Å². The van der Waals surface area contributed by atoms with Crippen molar-refractivity contribution in [2.24, 2.45) is 0 Å². The molecule has 2 aromatic heterocycles. The second-order valence-electron chi connectivity index (χ2n) is 4.17. The van der Waals surface area contributed by atoms with Gasteiger partial charge in [0.2, 0.25) is 0 Å². The molecule has 1 aromatic carbocycles. The summed E-state index contributed by atoms with van der Waals surface area (Å²) >= 11 is 0. The Kier molecular flexibility index (Phi) is 2.94. The average Bonchev–Trinajstić information content (AvgIpc) is 2.88. The zero-order valence-electron chi connectivity index (χ0n) is 10.3. The maximum atomic E-state index is 5.81. The van der Waals surface area contributed by atoms with E-state index in [1.54, 1.807) is 24.7 Å². The lowest BCUT2D eigenvalue weighted by molar-refractivity contribution is 0.750. The molecule has 19 heavy (non-hydrogen) atoms. The van der Waals surface area contributed by atoms with E-state index >= 15 is 0 Å². The van der Waals surface area contributed by atoms with Gasteiger partial charge in [0.25, 0.3) is 0 Å². The van der Waals surface area contributed by atoms with Gasteiger partial charge in [-0.15, -0.1) is 0 Å². The summed E-state index contributed by atoms with van der Waals surface area (Å²) in [7, 11) is 0. The van der Waals surface area contributed by atoms with E-state index in [9.17, 15) is 0 Å². The van der Waals surface area contributed by atoms with E-state index in [1.165, 1.54) is 0 Å². The van der Waals surface area contributed by atoms with Crippen LogP contribution in [0, 0.1) is 0 Å². The summed E-state index contributed by atoms with van der Waals surface area (Å²) in [5.74, 6) is 1.62. The zero-order chi connectivity index (χ0) is 13.1. The maximum absolute atomic E-state index is 5.81. The number of anilines is 1. The fourth-order valence-electron chi connectivity index (χ4n) is 1.94. The molecule has 0 amide bonds. The Balaban J connectivity index is 1.95. The third-order valence-electron chi connectivity index (χ3n) is 2.79. The number of aromatic nitrogens is 4. The number of nitrogens with two attached hydrogens (primary N) is 1. The van der Waals surface area contributed by atoms with Crippen molar-refractivity contribution in [3.63, 3.8) is 0 Å². The van der Waals surface area contributed by atoms with Gasteiger partial charge in [-0.05, 0) is 18.2 Å². The van der Waals surface area contributed by atoms with Gasteiger partial charge in [0.1, 0.15) is 11.6 Å². The average molecular weight is 251 g/mol. The molecule has 0 radical (unpaired) electrons. The van der Waals surface area contributed by atoms with Gasteiger partial charge in [-0.1, -0.05) is 12.1 Å². The van der Waals surface area contributed by atoms with E-state index in [0.717, 1.165) is 22.9 Å². The predicted octanol–water partition coefficient (Wildman–Crippen LogP) is 1.97. The van der Waals surface area contributed by atoms with Gasteiger partial charge in [0.05, 0.1) is 6.54 Å². The summed E-state index contributed by atoms with van der Waals surface area (Å²) < 4.78 is 2.00. The van der Waals surface area contributed by atoms with E-state index in [4.69, 9.17) is 5.73 Å². The van der Waals surface area contributed by atoms with Crippen molar-refractivity contribution in [2.45, 2.75) is 6.54 Å². The molecule has 3 aromatic rings. The summed E-state index contributed by atoms with van der Waals surface area (Å²) in [5, 5.41) is 0. The van der Waals surface area contributed by atoms with Gasteiger partial charge in [0.15, 0.2) is 0 Å². The summed E-state index contributed by atoms with van der Waals surface area (Å²) in [5.41, 5.74) is 7.52. The van der Waals surface area contributed by atoms with E-state index in [2.05, 4.69) is 15.0 Å². The van der Waals surface area contributed by atoms with Crippen molar-refractivity contribution in [2.75, 3.05) is 5.73 Å². The third-order valence-corrected chi connectivity index (χ3v) is 2.79. The lowest BCUT2D eigenvalue weighted by Crippen LogP contribution is -2.04. The van der Waals surface area contributed by atoms with Crippen LogP contribution >= 0.6 is 0 Å². The Morgan fingerprint density at radius 3 is 2.63 bits per heavy atom. The maximum Gasteiger partial charge on any atom is 0.147 e. The molecular formula is C14H13N5. The summed E-state index contributed by atoms with van der Waals surface area (Å²) in [4.78, 5) is 12.8. The molecule has 5 heteroatoms.